The molecule has 4 bridgehead atoms. The first-order valence-corrected chi connectivity index (χ1v) is 8.47. The van der Waals surface area contributed by atoms with E-state index >= 15 is 0 Å². The van der Waals surface area contributed by atoms with Gasteiger partial charge in [-0.05, 0) is 81.3 Å². The lowest BCUT2D eigenvalue weighted by molar-refractivity contribution is -0.0142. The zero-order chi connectivity index (χ0) is 13.9. The summed E-state index contributed by atoms with van der Waals surface area (Å²) in [6.07, 6.45) is 7.60. The molecule has 110 valence electrons. The van der Waals surface area contributed by atoms with E-state index in [-0.39, 0.29) is 0 Å². The Morgan fingerprint density at radius 3 is 2.15 bits per heavy atom. The average Bonchev–Trinajstić information content (AvgIpc) is 2.65. The maximum atomic E-state index is 3.95. The van der Waals surface area contributed by atoms with Gasteiger partial charge in [0.05, 0.1) is 0 Å². The predicted octanol–water partition coefficient (Wildman–Crippen LogP) is 3.56. The molecule has 20 heavy (non-hydrogen) atoms. The fraction of sp³-hybridized carbons (Fsp3) is 0.778. The molecule has 2 nitrogen and oxygen atoms in total. The molecule has 4 aliphatic carbocycles. The molecule has 5 rings (SSSR count). The predicted molar refractivity (Wildman–Crippen MR) is 82.6 cm³/mol. The minimum absolute atomic E-state index is 0.808. The van der Waals surface area contributed by atoms with Gasteiger partial charge < -0.3 is 9.88 Å². The van der Waals surface area contributed by atoms with E-state index in [2.05, 4.69) is 36.8 Å². The van der Waals surface area contributed by atoms with Crippen molar-refractivity contribution < 1.29 is 0 Å². The highest BCUT2D eigenvalue weighted by Gasteiger charge is 2.47. The Labute approximate surface area is 122 Å². The SMILES string of the molecule is Cc1cc(CNC2C3CC4CC(C3)CC2C4)c(C)n1C. The molecule has 2 heteroatoms. The average molecular weight is 272 g/mol. The van der Waals surface area contributed by atoms with Gasteiger partial charge in [-0.2, -0.15) is 0 Å². The van der Waals surface area contributed by atoms with Crippen LogP contribution >= 0.6 is 0 Å². The Morgan fingerprint density at radius 1 is 1.05 bits per heavy atom. The summed E-state index contributed by atoms with van der Waals surface area (Å²) in [5, 5.41) is 3.95. The van der Waals surface area contributed by atoms with Gasteiger partial charge in [0.25, 0.3) is 0 Å². The monoisotopic (exact) mass is 272 g/mol. The molecular weight excluding hydrogens is 244 g/mol. The van der Waals surface area contributed by atoms with Gasteiger partial charge in [-0.15, -0.1) is 0 Å². The molecule has 0 amide bonds. The molecule has 4 saturated carbocycles. The van der Waals surface area contributed by atoms with E-state index in [0.717, 1.165) is 36.3 Å². The molecule has 1 aromatic heterocycles. The number of aryl methyl sites for hydroxylation is 1. The lowest BCUT2D eigenvalue weighted by Gasteiger charge is -2.54. The van der Waals surface area contributed by atoms with Crippen molar-refractivity contribution in [2.75, 3.05) is 0 Å². The van der Waals surface area contributed by atoms with Crippen LogP contribution in [0.25, 0.3) is 0 Å². The van der Waals surface area contributed by atoms with Crippen molar-refractivity contribution >= 4 is 0 Å². The van der Waals surface area contributed by atoms with Crippen LogP contribution in [0.2, 0.25) is 0 Å². The third kappa shape index (κ3) is 1.95. The number of nitrogens with one attached hydrogen (secondary N) is 1. The molecule has 0 spiro atoms. The van der Waals surface area contributed by atoms with E-state index in [4.69, 9.17) is 0 Å². The number of aromatic nitrogens is 1. The first-order valence-electron chi connectivity index (χ1n) is 8.47. The van der Waals surface area contributed by atoms with Crippen LogP contribution in [0.5, 0.6) is 0 Å². The largest absolute Gasteiger partial charge is 0.352 e. The minimum atomic E-state index is 0.808. The van der Waals surface area contributed by atoms with Gasteiger partial charge in [-0.25, -0.2) is 0 Å². The quantitative estimate of drug-likeness (QED) is 0.890. The molecule has 4 fully saturated rings. The topological polar surface area (TPSA) is 17.0 Å². The molecule has 1 N–H and O–H groups in total. The second-order valence-electron chi connectivity index (χ2n) is 7.79. The number of rotatable bonds is 3. The first kappa shape index (κ1) is 12.9. The first-order chi connectivity index (χ1) is 9.61. The molecule has 4 aliphatic rings. The van der Waals surface area contributed by atoms with Crippen molar-refractivity contribution in [3.05, 3.63) is 23.0 Å². The Morgan fingerprint density at radius 2 is 1.65 bits per heavy atom. The van der Waals surface area contributed by atoms with Gasteiger partial charge in [0.2, 0.25) is 0 Å². The normalized spacial score (nSPS) is 38.6. The molecule has 1 aromatic rings. The minimum Gasteiger partial charge on any atom is -0.352 e. The fourth-order valence-electron chi connectivity index (χ4n) is 5.60. The maximum Gasteiger partial charge on any atom is 0.0226 e. The molecule has 0 saturated heterocycles. The second-order valence-corrected chi connectivity index (χ2v) is 7.79. The zero-order valence-electron chi connectivity index (χ0n) is 13.2. The molecule has 0 atom stereocenters. The van der Waals surface area contributed by atoms with Crippen molar-refractivity contribution in [2.24, 2.45) is 30.7 Å². The molecule has 0 aromatic carbocycles. The number of hydrogen-bond acceptors (Lipinski definition) is 1. The van der Waals surface area contributed by atoms with E-state index in [1.165, 1.54) is 42.6 Å². The highest BCUT2D eigenvalue weighted by molar-refractivity contribution is 5.26. The highest BCUT2D eigenvalue weighted by Crippen LogP contribution is 2.53. The molecule has 1 heterocycles. The van der Waals surface area contributed by atoms with E-state index in [9.17, 15) is 0 Å². The van der Waals surface area contributed by atoms with Crippen LogP contribution in [0, 0.1) is 37.5 Å². The van der Waals surface area contributed by atoms with E-state index < -0.39 is 0 Å². The van der Waals surface area contributed by atoms with Crippen LogP contribution in [-0.4, -0.2) is 10.6 Å². The van der Waals surface area contributed by atoms with Crippen LogP contribution in [0.4, 0.5) is 0 Å². The van der Waals surface area contributed by atoms with Gasteiger partial charge in [-0.1, -0.05) is 0 Å². The Kier molecular flexibility index (Phi) is 2.99. The summed E-state index contributed by atoms with van der Waals surface area (Å²) in [6.45, 7) is 5.53. The van der Waals surface area contributed by atoms with Crippen molar-refractivity contribution in [1.82, 2.24) is 9.88 Å². The maximum absolute atomic E-state index is 3.95. The smallest absolute Gasteiger partial charge is 0.0226 e. The van der Waals surface area contributed by atoms with Crippen LogP contribution in [0.3, 0.4) is 0 Å². The van der Waals surface area contributed by atoms with Gasteiger partial charge in [0.1, 0.15) is 0 Å². The number of hydrogen-bond donors (Lipinski definition) is 1. The van der Waals surface area contributed by atoms with Gasteiger partial charge in [0, 0.05) is 31.0 Å². The molecular formula is C18H28N2. The second kappa shape index (κ2) is 4.62. The van der Waals surface area contributed by atoms with E-state index in [1.54, 1.807) is 6.42 Å². The standard InChI is InChI=1S/C18H28N2/c1-11-4-17(12(2)20(11)3)10-19-18-15-6-13-5-14(8-15)9-16(18)7-13/h4,13-16,18-19H,5-10H2,1-3H3. The number of nitrogens with zero attached hydrogens (tertiary/aromatic N) is 1. The van der Waals surface area contributed by atoms with E-state index in [0.29, 0.717) is 0 Å². The summed E-state index contributed by atoms with van der Waals surface area (Å²) < 4.78 is 2.31. The van der Waals surface area contributed by atoms with E-state index in [1.807, 2.05) is 0 Å². The lowest BCUT2D eigenvalue weighted by Crippen LogP contribution is -2.54. The van der Waals surface area contributed by atoms with Crippen molar-refractivity contribution in [1.29, 1.82) is 0 Å². The molecule has 0 radical (unpaired) electrons. The van der Waals surface area contributed by atoms with Crippen molar-refractivity contribution in [2.45, 2.75) is 58.5 Å². The summed E-state index contributed by atoms with van der Waals surface area (Å²) in [4.78, 5) is 0. The fourth-order valence-corrected chi connectivity index (χ4v) is 5.60. The summed E-state index contributed by atoms with van der Waals surface area (Å²) in [5.74, 6) is 4.13. The van der Waals surface area contributed by atoms with Crippen LogP contribution in [0.1, 0.15) is 49.1 Å². The van der Waals surface area contributed by atoms with Gasteiger partial charge >= 0.3 is 0 Å². The van der Waals surface area contributed by atoms with Gasteiger partial charge in [0.15, 0.2) is 0 Å². The zero-order valence-corrected chi connectivity index (χ0v) is 13.2. The Bertz CT molecular complexity index is 486. The third-order valence-corrected chi connectivity index (χ3v) is 6.63. The lowest BCUT2D eigenvalue weighted by atomic mass is 9.54. The summed E-state index contributed by atoms with van der Waals surface area (Å²) >= 11 is 0. The Hall–Kier alpha value is -0.760. The Balaban J connectivity index is 1.46. The van der Waals surface area contributed by atoms with Crippen LogP contribution in [0.15, 0.2) is 6.07 Å². The van der Waals surface area contributed by atoms with Crippen LogP contribution in [-0.2, 0) is 13.6 Å². The van der Waals surface area contributed by atoms with Crippen molar-refractivity contribution in [3.8, 4) is 0 Å². The van der Waals surface area contributed by atoms with Crippen molar-refractivity contribution in [3.63, 3.8) is 0 Å². The molecule has 0 unspecified atom stereocenters. The molecule has 0 aliphatic heterocycles. The summed E-state index contributed by atoms with van der Waals surface area (Å²) in [5.41, 5.74) is 4.31. The highest BCUT2D eigenvalue weighted by atomic mass is 15.0. The van der Waals surface area contributed by atoms with Crippen LogP contribution < -0.4 is 5.32 Å². The third-order valence-electron chi connectivity index (χ3n) is 6.63. The summed E-state index contributed by atoms with van der Waals surface area (Å²) in [7, 11) is 2.18. The summed E-state index contributed by atoms with van der Waals surface area (Å²) in [6, 6.07) is 3.17. The van der Waals surface area contributed by atoms with Gasteiger partial charge in [-0.3, -0.25) is 0 Å².